The molecule has 0 aliphatic carbocycles. The van der Waals surface area contributed by atoms with Crippen molar-refractivity contribution in [3.05, 3.63) is 0 Å². The minimum Gasteiger partial charge on any atom is -0.381 e. The summed E-state index contributed by atoms with van der Waals surface area (Å²) in [5.41, 5.74) is 5.45. The van der Waals surface area contributed by atoms with Gasteiger partial charge in [-0.1, -0.05) is 6.92 Å². The number of hydrogen-bond acceptors (Lipinski definition) is 4. The Kier molecular flexibility index (Phi) is 10.6. The molecule has 2 rings (SSSR count). The molecule has 22 heavy (non-hydrogen) atoms. The average molecular weight is 356 g/mol. The Morgan fingerprint density at radius 1 is 1.27 bits per heavy atom. The number of nitrogens with zero attached hydrogens (tertiary/aromatic N) is 1. The van der Waals surface area contributed by atoms with Gasteiger partial charge in [-0.25, -0.2) is 0 Å². The van der Waals surface area contributed by atoms with Crippen LogP contribution in [-0.4, -0.2) is 55.7 Å². The third-order valence-electron chi connectivity index (χ3n) is 4.83. The van der Waals surface area contributed by atoms with E-state index in [9.17, 15) is 4.79 Å². The van der Waals surface area contributed by atoms with Gasteiger partial charge in [-0.15, -0.1) is 24.8 Å². The van der Waals surface area contributed by atoms with Gasteiger partial charge < -0.3 is 20.7 Å². The highest BCUT2D eigenvalue weighted by atomic mass is 35.5. The van der Waals surface area contributed by atoms with Gasteiger partial charge in [0.15, 0.2) is 0 Å². The van der Waals surface area contributed by atoms with E-state index in [1.165, 1.54) is 25.9 Å². The molecule has 0 spiro atoms. The lowest BCUT2D eigenvalue weighted by Crippen LogP contribution is -2.57. The topological polar surface area (TPSA) is 67.6 Å². The van der Waals surface area contributed by atoms with Gasteiger partial charge >= 0.3 is 0 Å². The molecule has 3 N–H and O–H groups in total. The van der Waals surface area contributed by atoms with Crippen LogP contribution in [0.1, 0.15) is 39.0 Å². The Hall–Kier alpha value is -0.0700. The Morgan fingerprint density at radius 3 is 2.41 bits per heavy atom. The normalized spacial score (nSPS) is 22.3. The van der Waals surface area contributed by atoms with E-state index in [4.69, 9.17) is 10.5 Å². The van der Waals surface area contributed by atoms with Crippen LogP contribution < -0.4 is 11.1 Å². The van der Waals surface area contributed by atoms with Crippen molar-refractivity contribution in [3.8, 4) is 0 Å². The minimum absolute atomic E-state index is 0. The van der Waals surface area contributed by atoms with E-state index >= 15 is 0 Å². The van der Waals surface area contributed by atoms with Gasteiger partial charge in [0.2, 0.25) is 5.91 Å². The summed E-state index contributed by atoms with van der Waals surface area (Å²) in [7, 11) is 0. The number of hydrogen-bond donors (Lipinski definition) is 2. The number of likely N-dealkylation sites (tertiary alicyclic amines) is 1. The van der Waals surface area contributed by atoms with Crippen molar-refractivity contribution < 1.29 is 9.53 Å². The van der Waals surface area contributed by atoms with Crippen LogP contribution >= 0.6 is 24.8 Å². The van der Waals surface area contributed by atoms with Crippen molar-refractivity contribution in [1.82, 2.24) is 10.2 Å². The molecule has 2 saturated heterocycles. The largest absolute Gasteiger partial charge is 0.381 e. The van der Waals surface area contributed by atoms with Gasteiger partial charge in [-0.2, -0.15) is 0 Å². The molecule has 2 heterocycles. The molecule has 0 aromatic heterocycles. The second-order valence-corrected chi connectivity index (χ2v) is 6.19. The van der Waals surface area contributed by atoms with E-state index in [1.807, 2.05) is 0 Å². The maximum atomic E-state index is 12.2. The lowest BCUT2D eigenvalue weighted by Gasteiger charge is -2.33. The second kappa shape index (κ2) is 10.7. The van der Waals surface area contributed by atoms with Gasteiger partial charge in [0.05, 0.1) is 5.54 Å². The first-order valence-electron chi connectivity index (χ1n) is 8.01. The van der Waals surface area contributed by atoms with E-state index < -0.39 is 5.54 Å². The standard InChI is InChI=1S/C15H29N3O2.2ClH/c1-2-18-9-4-13(5-10-18)3-8-17-14(19)15(16)6-11-20-12-7-15;;/h13H,2-12,16H2,1H3,(H,17,19);2*1H. The number of carbonyl (C=O) groups is 1. The summed E-state index contributed by atoms with van der Waals surface area (Å²) in [6.07, 6.45) is 4.86. The predicted octanol–water partition coefficient (Wildman–Crippen LogP) is 1.58. The summed E-state index contributed by atoms with van der Waals surface area (Å²) in [6.45, 7) is 7.73. The predicted molar refractivity (Wildman–Crippen MR) is 93.9 cm³/mol. The molecule has 0 saturated carbocycles. The molecule has 0 aromatic rings. The van der Waals surface area contributed by atoms with Crippen LogP contribution in [-0.2, 0) is 9.53 Å². The summed E-state index contributed by atoms with van der Waals surface area (Å²) in [4.78, 5) is 14.7. The van der Waals surface area contributed by atoms with E-state index in [0.717, 1.165) is 25.4 Å². The van der Waals surface area contributed by atoms with Crippen molar-refractivity contribution in [3.63, 3.8) is 0 Å². The summed E-state index contributed by atoms with van der Waals surface area (Å²) in [5, 5.41) is 3.03. The number of amides is 1. The summed E-state index contributed by atoms with van der Waals surface area (Å²) < 4.78 is 5.27. The highest BCUT2D eigenvalue weighted by Crippen LogP contribution is 2.20. The maximum Gasteiger partial charge on any atom is 0.240 e. The molecular formula is C15H31Cl2N3O2. The Balaban J connectivity index is 0.00000220. The third kappa shape index (κ3) is 6.20. The van der Waals surface area contributed by atoms with E-state index in [-0.39, 0.29) is 30.7 Å². The third-order valence-corrected chi connectivity index (χ3v) is 4.83. The van der Waals surface area contributed by atoms with Gasteiger partial charge in [0.25, 0.3) is 0 Å². The Morgan fingerprint density at radius 2 is 1.86 bits per heavy atom. The zero-order valence-electron chi connectivity index (χ0n) is 13.5. The van der Waals surface area contributed by atoms with Gasteiger partial charge in [-0.3, -0.25) is 4.79 Å². The van der Waals surface area contributed by atoms with E-state index in [2.05, 4.69) is 17.1 Å². The fraction of sp³-hybridized carbons (Fsp3) is 0.933. The molecule has 2 aliphatic rings. The quantitative estimate of drug-likeness (QED) is 0.785. The zero-order chi connectivity index (χ0) is 14.4. The highest BCUT2D eigenvalue weighted by molar-refractivity contribution is 5.86. The summed E-state index contributed by atoms with van der Waals surface area (Å²) in [6, 6.07) is 0. The smallest absolute Gasteiger partial charge is 0.240 e. The fourth-order valence-electron chi connectivity index (χ4n) is 3.12. The molecular weight excluding hydrogens is 325 g/mol. The molecule has 2 fully saturated rings. The summed E-state index contributed by atoms with van der Waals surface area (Å²) in [5.74, 6) is 0.758. The number of halogens is 2. The molecule has 132 valence electrons. The number of rotatable bonds is 5. The van der Waals surface area contributed by atoms with Crippen LogP contribution in [0.5, 0.6) is 0 Å². The van der Waals surface area contributed by atoms with Crippen LogP contribution in [0.2, 0.25) is 0 Å². The molecule has 7 heteroatoms. The average Bonchev–Trinajstić information content (AvgIpc) is 2.48. The molecule has 0 aromatic carbocycles. The molecule has 0 atom stereocenters. The molecule has 5 nitrogen and oxygen atoms in total. The van der Waals surface area contributed by atoms with E-state index in [1.54, 1.807) is 0 Å². The van der Waals surface area contributed by atoms with Crippen molar-refractivity contribution in [2.45, 2.75) is 44.6 Å². The van der Waals surface area contributed by atoms with E-state index in [0.29, 0.717) is 26.1 Å². The number of nitrogens with one attached hydrogen (secondary N) is 1. The first-order valence-corrected chi connectivity index (χ1v) is 8.01. The molecule has 1 amide bonds. The SMILES string of the molecule is CCN1CCC(CCNC(=O)C2(N)CCOCC2)CC1.Cl.Cl. The zero-order valence-corrected chi connectivity index (χ0v) is 15.1. The number of piperidine rings is 1. The van der Waals surface area contributed by atoms with Crippen molar-refractivity contribution in [1.29, 1.82) is 0 Å². The highest BCUT2D eigenvalue weighted by Gasteiger charge is 2.35. The van der Waals surface area contributed by atoms with Crippen LogP contribution in [0.3, 0.4) is 0 Å². The van der Waals surface area contributed by atoms with Crippen LogP contribution in [0, 0.1) is 5.92 Å². The Bertz CT molecular complexity index is 318. The van der Waals surface area contributed by atoms with Crippen LogP contribution in [0.4, 0.5) is 0 Å². The Labute approximate surface area is 146 Å². The number of nitrogens with two attached hydrogens (primary N) is 1. The minimum atomic E-state index is -0.705. The molecule has 0 bridgehead atoms. The van der Waals surface area contributed by atoms with Gasteiger partial charge in [0.1, 0.15) is 0 Å². The first-order chi connectivity index (χ1) is 9.64. The number of carbonyl (C=O) groups excluding carboxylic acids is 1. The second-order valence-electron chi connectivity index (χ2n) is 6.19. The van der Waals surface area contributed by atoms with Gasteiger partial charge in [0, 0.05) is 19.8 Å². The summed E-state index contributed by atoms with van der Waals surface area (Å²) >= 11 is 0. The lowest BCUT2D eigenvalue weighted by molar-refractivity contribution is -0.129. The van der Waals surface area contributed by atoms with Crippen LogP contribution in [0.15, 0.2) is 0 Å². The van der Waals surface area contributed by atoms with Crippen molar-refractivity contribution >= 4 is 30.7 Å². The van der Waals surface area contributed by atoms with Crippen molar-refractivity contribution in [2.75, 3.05) is 39.4 Å². The number of ether oxygens (including phenoxy) is 1. The first kappa shape index (κ1) is 21.9. The maximum absolute atomic E-state index is 12.2. The van der Waals surface area contributed by atoms with Crippen molar-refractivity contribution in [2.24, 2.45) is 11.7 Å². The van der Waals surface area contributed by atoms with Gasteiger partial charge in [-0.05, 0) is 57.7 Å². The molecule has 0 radical (unpaired) electrons. The monoisotopic (exact) mass is 355 g/mol. The van der Waals surface area contributed by atoms with Crippen LogP contribution in [0.25, 0.3) is 0 Å². The molecule has 2 aliphatic heterocycles. The molecule has 0 unspecified atom stereocenters. The lowest BCUT2D eigenvalue weighted by atomic mass is 9.90. The fourth-order valence-corrected chi connectivity index (χ4v) is 3.12.